The molecule has 1 atom stereocenters. The number of ether oxygens (including phenoxy) is 1. The Balaban J connectivity index is 2.79. The summed E-state index contributed by atoms with van der Waals surface area (Å²) in [6, 6.07) is 4.56. The highest BCUT2D eigenvalue weighted by atomic mass is 35.5. The number of rotatable bonds is 5. The van der Waals surface area contributed by atoms with Gasteiger partial charge in [0.15, 0.2) is 0 Å². The predicted molar refractivity (Wildman–Crippen MR) is 66.9 cm³/mol. The quantitative estimate of drug-likeness (QED) is 0.671. The van der Waals surface area contributed by atoms with Crippen LogP contribution in [0, 0.1) is 0 Å². The van der Waals surface area contributed by atoms with Crippen LogP contribution in [0.4, 0.5) is 0 Å². The first-order valence-corrected chi connectivity index (χ1v) is 5.51. The number of halogens is 1. The van der Waals surface area contributed by atoms with Gasteiger partial charge in [0.1, 0.15) is 5.75 Å². The van der Waals surface area contributed by atoms with E-state index in [9.17, 15) is 4.79 Å². The van der Waals surface area contributed by atoms with Gasteiger partial charge in [0.2, 0.25) is 0 Å². The first-order chi connectivity index (χ1) is 8.08. The van der Waals surface area contributed by atoms with Crippen LogP contribution in [-0.2, 0) is 11.2 Å². The molecule has 1 amide bonds. The zero-order chi connectivity index (χ0) is 12.8. The highest BCUT2D eigenvalue weighted by Gasteiger charge is 2.15. The van der Waals surface area contributed by atoms with Crippen LogP contribution in [0.25, 0.3) is 0 Å². The summed E-state index contributed by atoms with van der Waals surface area (Å²) in [5.74, 6) is 0.386. The molecule has 1 rings (SSSR count). The van der Waals surface area contributed by atoms with Gasteiger partial charge in [-0.1, -0.05) is 11.6 Å². The summed E-state index contributed by atoms with van der Waals surface area (Å²) in [5, 5.41) is 0.585. The van der Waals surface area contributed by atoms with Crippen LogP contribution in [0.1, 0.15) is 5.56 Å². The molecule has 0 aromatic heterocycles. The maximum atomic E-state index is 11.5. The van der Waals surface area contributed by atoms with Gasteiger partial charge in [-0.25, -0.2) is 5.43 Å². The van der Waals surface area contributed by atoms with E-state index < -0.39 is 6.04 Å². The van der Waals surface area contributed by atoms with E-state index in [2.05, 4.69) is 10.9 Å². The lowest BCUT2D eigenvalue weighted by Crippen LogP contribution is -2.46. The molecular formula is C11H16ClN3O2. The summed E-state index contributed by atoms with van der Waals surface area (Å²) in [7, 11) is 3.16. The van der Waals surface area contributed by atoms with E-state index in [4.69, 9.17) is 22.1 Å². The number of nitrogens with one attached hydrogen (secondary N) is 2. The third kappa shape index (κ3) is 3.89. The molecule has 0 heterocycles. The monoisotopic (exact) mass is 257 g/mol. The fraction of sp³-hybridized carbons (Fsp3) is 0.364. The van der Waals surface area contributed by atoms with Gasteiger partial charge in [-0.3, -0.25) is 10.2 Å². The molecule has 1 aromatic rings. The number of nitrogens with two attached hydrogens (primary N) is 1. The van der Waals surface area contributed by atoms with Crippen molar-refractivity contribution < 1.29 is 9.53 Å². The van der Waals surface area contributed by atoms with Crippen molar-refractivity contribution in [2.24, 2.45) is 5.73 Å². The van der Waals surface area contributed by atoms with Gasteiger partial charge in [0.25, 0.3) is 5.91 Å². The molecule has 0 aliphatic rings. The van der Waals surface area contributed by atoms with Gasteiger partial charge in [0.05, 0.1) is 13.2 Å². The van der Waals surface area contributed by atoms with Crippen molar-refractivity contribution in [3.63, 3.8) is 0 Å². The van der Waals surface area contributed by atoms with Crippen molar-refractivity contribution in [1.29, 1.82) is 0 Å². The predicted octanol–water partition coefficient (Wildman–Crippen LogP) is 0.469. The van der Waals surface area contributed by atoms with Crippen molar-refractivity contribution in [2.45, 2.75) is 12.5 Å². The molecule has 0 aliphatic heterocycles. The maximum Gasteiger partial charge on any atom is 0.251 e. The normalized spacial score (nSPS) is 12.0. The molecule has 5 nitrogen and oxygen atoms in total. The van der Waals surface area contributed by atoms with Crippen LogP contribution in [0.15, 0.2) is 18.2 Å². The molecule has 0 saturated heterocycles. The van der Waals surface area contributed by atoms with Gasteiger partial charge >= 0.3 is 0 Å². The molecule has 0 radical (unpaired) electrons. The molecule has 0 spiro atoms. The third-order valence-electron chi connectivity index (χ3n) is 2.27. The van der Waals surface area contributed by atoms with E-state index in [1.807, 2.05) is 0 Å². The Kier molecular flexibility index (Phi) is 5.21. The number of carbonyl (C=O) groups is 1. The topological polar surface area (TPSA) is 76.4 Å². The molecule has 0 bridgehead atoms. The summed E-state index contributed by atoms with van der Waals surface area (Å²) in [5.41, 5.74) is 11.5. The second-order valence-electron chi connectivity index (χ2n) is 3.51. The minimum Gasteiger partial charge on any atom is -0.496 e. The Morgan fingerprint density at radius 1 is 1.59 bits per heavy atom. The highest BCUT2D eigenvalue weighted by Crippen LogP contribution is 2.23. The fourth-order valence-corrected chi connectivity index (χ4v) is 1.65. The zero-order valence-corrected chi connectivity index (χ0v) is 10.5. The fourth-order valence-electron chi connectivity index (χ4n) is 1.45. The molecule has 0 fully saturated rings. The van der Waals surface area contributed by atoms with Crippen molar-refractivity contribution >= 4 is 17.5 Å². The van der Waals surface area contributed by atoms with E-state index in [0.29, 0.717) is 17.2 Å². The molecule has 0 aliphatic carbocycles. The van der Waals surface area contributed by atoms with Gasteiger partial charge in [-0.05, 0) is 23.8 Å². The van der Waals surface area contributed by atoms with Gasteiger partial charge in [0, 0.05) is 18.5 Å². The van der Waals surface area contributed by atoms with Crippen LogP contribution in [-0.4, -0.2) is 26.1 Å². The number of methoxy groups -OCH3 is 1. The Morgan fingerprint density at radius 3 is 2.88 bits per heavy atom. The van der Waals surface area contributed by atoms with E-state index in [0.717, 1.165) is 5.56 Å². The number of amides is 1. The summed E-state index contributed by atoms with van der Waals surface area (Å²) in [6.07, 6.45) is 0.358. The second-order valence-corrected chi connectivity index (χ2v) is 3.94. The highest BCUT2D eigenvalue weighted by molar-refractivity contribution is 6.30. The Hall–Kier alpha value is -1.30. The molecule has 94 valence electrons. The average molecular weight is 258 g/mol. The molecule has 1 unspecified atom stereocenters. The van der Waals surface area contributed by atoms with E-state index in [1.54, 1.807) is 32.4 Å². The smallest absolute Gasteiger partial charge is 0.251 e. The van der Waals surface area contributed by atoms with E-state index in [-0.39, 0.29) is 5.91 Å². The number of carbonyl (C=O) groups excluding carboxylic acids is 1. The largest absolute Gasteiger partial charge is 0.496 e. The van der Waals surface area contributed by atoms with Crippen molar-refractivity contribution in [2.75, 3.05) is 14.2 Å². The molecular weight excluding hydrogens is 242 g/mol. The summed E-state index contributed by atoms with van der Waals surface area (Å²) >= 11 is 5.89. The Morgan fingerprint density at radius 2 is 2.29 bits per heavy atom. The van der Waals surface area contributed by atoms with Crippen LogP contribution in [0.2, 0.25) is 5.02 Å². The van der Waals surface area contributed by atoms with Gasteiger partial charge < -0.3 is 10.5 Å². The maximum absolute atomic E-state index is 11.5. The number of hydrogen-bond acceptors (Lipinski definition) is 4. The standard InChI is InChI=1S/C11H16ClN3O2/c1-14-15-11(16)9(13)6-7-5-8(12)3-4-10(7)17-2/h3-5,9,14H,6,13H2,1-2H3,(H,15,16). The summed E-state index contributed by atoms with van der Waals surface area (Å²) in [4.78, 5) is 11.5. The van der Waals surface area contributed by atoms with Crippen molar-refractivity contribution in [1.82, 2.24) is 10.9 Å². The zero-order valence-electron chi connectivity index (χ0n) is 9.79. The number of hydrazine groups is 1. The minimum absolute atomic E-state index is 0.283. The Labute approximate surface area is 105 Å². The SMILES string of the molecule is CNNC(=O)C(N)Cc1cc(Cl)ccc1OC. The molecule has 6 heteroatoms. The van der Waals surface area contributed by atoms with Crippen molar-refractivity contribution in [3.8, 4) is 5.75 Å². The lowest BCUT2D eigenvalue weighted by molar-refractivity contribution is -0.123. The van der Waals surface area contributed by atoms with E-state index in [1.165, 1.54) is 0 Å². The van der Waals surface area contributed by atoms with Crippen LogP contribution < -0.4 is 21.3 Å². The van der Waals surface area contributed by atoms with Crippen LogP contribution in [0.5, 0.6) is 5.75 Å². The lowest BCUT2D eigenvalue weighted by atomic mass is 10.1. The first-order valence-electron chi connectivity index (χ1n) is 5.13. The van der Waals surface area contributed by atoms with Crippen molar-refractivity contribution in [3.05, 3.63) is 28.8 Å². The number of hydrogen-bond donors (Lipinski definition) is 3. The van der Waals surface area contributed by atoms with Gasteiger partial charge in [-0.15, -0.1) is 0 Å². The van der Waals surface area contributed by atoms with Crippen LogP contribution in [0.3, 0.4) is 0 Å². The third-order valence-corrected chi connectivity index (χ3v) is 2.50. The molecule has 1 aromatic carbocycles. The first kappa shape index (κ1) is 13.8. The minimum atomic E-state index is -0.658. The number of benzene rings is 1. The molecule has 4 N–H and O–H groups in total. The second kappa shape index (κ2) is 6.44. The van der Waals surface area contributed by atoms with Crippen LogP contribution >= 0.6 is 11.6 Å². The molecule has 17 heavy (non-hydrogen) atoms. The van der Waals surface area contributed by atoms with Gasteiger partial charge in [-0.2, -0.15) is 0 Å². The Bertz CT molecular complexity index is 398. The van der Waals surface area contributed by atoms with E-state index >= 15 is 0 Å². The average Bonchev–Trinajstić information content (AvgIpc) is 2.29. The summed E-state index contributed by atoms with van der Waals surface area (Å²) < 4.78 is 5.18. The molecule has 0 saturated carbocycles. The summed E-state index contributed by atoms with van der Waals surface area (Å²) in [6.45, 7) is 0. The lowest BCUT2D eigenvalue weighted by Gasteiger charge is -2.14.